The van der Waals surface area contributed by atoms with E-state index in [9.17, 15) is 14.4 Å². The molecule has 1 fully saturated rings. The van der Waals surface area contributed by atoms with Gasteiger partial charge in [0.25, 0.3) is 0 Å². The standard InChI is InChI=1S/C27H34O8/c1-6-25(28)32-16-22(35-27(30)8-3)15-31-23-11-9-20(13-18(23)4)21-10-12-24(19(5)14-21)33-17-34-26(29)7-2/h6-9,11,13,19,21-22,24H,1-3,10,12,14-17H2,4-5H3. The number of aryl methyl sites for hydroxylation is 1. The molecule has 1 saturated carbocycles. The Balaban J connectivity index is 1.92. The van der Waals surface area contributed by atoms with E-state index in [0.717, 1.165) is 43.1 Å². The van der Waals surface area contributed by atoms with Crippen LogP contribution in [0.1, 0.15) is 43.2 Å². The second-order valence-corrected chi connectivity index (χ2v) is 8.41. The van der Waals surface area contributed by atoms with Crippen LogP contribution in [0.2, 0.25) is 0 Å². The van der Waals surface area contributed by atoms with E-state index < -0.39 is 24.0 Å². The highest BCUT2D eigenvalue weighted by Crippen LogP contribution is 2.38. The largest absolute Gasteiger partial charge is 0.489 e. The van der Waals surface area contributed by atoms with Gasteiger partial charge in [-0.25, -0.2) is 14.4 Å². The first-order valence-electron chi connectivity index (χ1n) is 11.5. The Morgan fingerprint density at radius 2 is 1.69 bits per heavy atom. The molecule has 0 radical (unpaired) electrons. The van der Waals surface area contributed by atoms with Gasteiger partial charge in [0.05, 0.1) is 6.10 Å². The number of hydrogen-bond acceptors (Lipinski definition) is 8. The van der Waals surface area contributed by atoms with E-state index in [2.05, 4.69) is 32.7 Å². The minimum absolute atomic E-state index is 0.0140. The first kappa shape index (κ1) is 27.9. The topological polar surface area (TPSA) is 97.4 Å². The van der Waals surface area contributed by atoms with Crippen molar-refractivity contribution in [2.75, 3.05) is 20.0 Å². The second-order valence-electron chi connectivity index (χ2n) is 8.41. The lowest BCUT2D eigenvalue weighted by molar-refractivity contribution is -0.159. The Labute approximate surface area is 206 Å². The summed E-state index contributed by atoms with van der Waals surface area (Å²) in [5.74, 6) is -0.395. The Morgan fingerprint density at radius 1 is 1.00 bits per heavy atom. The van der Waals surface area contributed by atoms with Crippen LogP contribution in [-0.2, 0) is 33.3 Å². The van der Waals surface area contributed by atoms with E-state index in [4.69, 9.17) is 23.7 Å². The van der Waals surface area contributed by atoms with Gasteiger partial charge in [-0.15, -0.1) is 0 Å². The van der Waals surface area contributed by atoms with Gasteiger partial charge >= 0.3 is 17.9 Å². The van der Waals surface area contributed by atoms with Gasteiger partial charge in [-0.2, -0.15) is 0 Å². The van der Waals surface area contributed by atoms with Gasteiger partial charge in [-0.3, -0.25) is 0 Å². The minimum atomic E-state index is -0.787. The van der Waals surface area contributed by atoms with Gasteiger partial charge < -0.3 is 23.7 Å². The molecule has 0 amide bonds. The first-order chi connectivity index (χ1) is 16.8. The van der Waals surface area contributed by atoms with Gasteiger partial charge in [0.15, 0.2) is 12.9 Å². The van der Waals surface area contributed by atoms with Crippen LogP contribution in [0.3, 0.4) is 0 Å². The predicted octanol–water partition coefficient (Wildman–Crippen LogP) is 4.18. The zero-order valence-corrected chi connectivity index (χ0v) is 20.4. The summed E-state index contributed by atoms with van der Waals surface area (Å²) in [5, 5.41) is 0. The van der Waals surface area contributed by atoms with Crippen LogP contribution in [0.5, 0.6) is 5.75 Å². The number of carbonyl (C=O) groups is 3. The van der Waals surface area contributed by atoms with Crippen LogP contribution < -0.4 is 4.74 Å². The molecule has 4 atom stereocenters. The molecule has 4 unspecified atom stereocenters. The summed E-state index contributed by atoms with van der Waals surface area (Å²) in [6, 6.07) is 6.03. The normalized spacial score (nSPS) is 20.1. The van der Waals surface area contributed by atoms with Gasteiger partial charge in [0.2, 0.25) is 0 Å². The van der Waals surface area contributed by atoms with E-state index in [1.54, 1.807) is 0 Å². The Bertz CT molecular complexity index is 922. The van der Waals surface area contributed by atoms with Crippen molar-refractivity contribution in [2.45, 2.75) is 51.2 Å². The van der Waals surface area contributed by atoms with E-state index in [1.807, 2.05) is 19.1 Å². The molecule has 8 heteroatoms. The lowest BCUT2D eigenvalue weighted by atomic mass is 9.77. The molecular formula is C27H34O8. The highest BCUT2D eigenvalue weighted by molar-refractivity contribution is 5.82. The number of benzene rings is 1. The third-order valence-corrected chi connectivity index (χ3v) is 5.86. The molecule has 0 heterocycles. The molecule has 0 bridgehead atoms. The molecule has 1 aromatic rings. The molecule has 35 heavy (non-hydrogen) atoms. The number of carbonyl (C=O) groups excluding carboxylic acids is 3. The summed E-state index contributed by atoms with van der Waals surface area (Å²) in [7, 11) is 0. The molecule has 1 aromatic carbocycles. The van der Waals surface area contributed by atoms with E-state index in [1.165, 1.54) is 5.56 Å². The Hall–Kier alpha value is -3.39. The lowest BCUT2D eigenvalue weighted by Gasteiger charge is -2.34. The molecule has 2 rings (SSSR count). The van der Waals surface area contributed by atoms with Crippen LogP contribution in [0.25, 0.3) is 0 Å². The second kappa shape index (κ2) is 14.1. The van der Waals surface area contributed by atoms with Crippen molar-refractivity contribution in [3.8, 4) is 5.75 Å². The number of esters is 3. The highest BCUT2D eigenvalue weighted by Gasteiger charge is 2.29. The molecule has 0 N–H and O–H groups in total. The van der Waals surface area contributed by atoms with Crippen molar-refractivity contribution >= 4 is 17.9 Å². The average molecular weight is 487 g/mol. The van der Waals surface area contributed by atoms with Gasteiger partial charge in [0, 0.05) is 18.2 Å². The number of rotatable bonds is 13. The van der Waals surface area contributed by atoms with E-state index in [-0.39, 0.29) is 26.1 Å². The Morgan fingerprint density at radius 3 is 2.31 bits per heavy atom. The summed E-state index contributed by atoms with van der Waals surface area (Å²) in [6.07, 6.45) is 5.22. The number of ether oxygens (including phenoxy) is 5. The summed E-state index contributed by atoms with van der Waals surface area (Å²) in [6.45, 7) is 14.0. The zero-order chi connectivity index (χ0) is 25.8. The van der Waals surface area contributed by atoms with Crippen molar-refractivity contribution in [1.82, 2.24) is 0 Å². The van der Waals surface area contributed by atoms with Crippen molar-refractivity contribution in [1.29, 1.82) is 0 Å². The fourth-order valence-corrected chi connectivity index (χ4v) is 3.99. The molecular weight excluding hydrogens is 452 g/mol. The van der Waals surface area contributed by atoms with Crippen LogP contribution in [-0.4, -0.2) is 50.1 Å². The molecule has 1 aliphatic rings. The van der Waals surface area contributed by atoms with Crippen LogP contribution in [0.15, 0.2) is 56.2 Å². The molecule has 0 spiro atoms. The third kappa shape index (κ3) is 9.05. The minimum Gasteiger partial charge on any atom is -0.489 e. The first-order valence-corrected chi connectivity index (χ1v) is 11.5. The quantitative estimate of drug-likeness (QED) is 0.177. The van der Waals surface area contributed by atoms with Crippen LogP contribution in [0, 0.1) is 12.8 Å². The van der Waals surface area contributed by atoms with E-state index in [0.29, 0.717) is 17.6 Å². The molecule has 190 valence electrons. The van der Waals surface area contributed by atoms with E-state index >= 15 is 0 Å². The molecule has 0 aliphatic heterocycles. The molecule has 8 nitrogen and oxygen atoms in total. The average Bonchev–Trinajstić information content (AvgIpc) is 2.86. The van der Waals surface area contributed by atoms with Gasteiger partial charge in [-0.05, 0) is 55.2 Å². The van der Waals surface area contributed by atoms with Crippen molar-refractivity contribution < 1.29 is 38.1 Å². The van der Waals surface area contributed by atoms with Crippen molar-refractivity contribution in [3.63, 3.8) is 0 Å². The van der Waals surface area contributed by atoms with Gasteiger partial charge in [-0.1, -0.05) is 38.8 Å². The molecule has 1 aliphatic carbocycles. The molecule has 0 saturated heterocycles. The third-order valence-electron chi connectivity index (χ3n) is 5.86. The van der Waals surface area contributed by atoms with Crippen LogP contribution in [0.4, 0.5) is 0 Å². The maximum absolute atomic E-state index is 11.6. The smallest absolute Gasteiger partial charge is 0.332 e. The fourth-order valence-electron chi connectivity index (χ4n) is 3.99. The summed E-state index contributed by atoms with van der Waals surface area (Å²) in [5.41, 5.74) is 2.16. The maximum Gasteiger partial charge on any atom is 0.332 e. The highest BCUT2D eigenvalue weighted by atomic mass is 16.7. The van der Waals surface area contributed by atoms with Crippen molar-refractivity contribution in [2.24, 2.45) is 5.92 Å². The maximum atomic E-state index is 11.6. The fraction of sp³-hybridized carbons (Fsp3) is 0.444. The zero-order valence-electron chi connectivity index (χ0n) is 20.4. The lowest BCUT2D eigenvalue weighted by Crippen LogP contribution is -2.30. The van der Waals surface area contributed by atoms with Crippen molar-refractivity contribution in [3.05, 3.63) is 67.3 Å². The monoisotopic (exact) mass is 486 g/mol. The molecule has 0 aromatic heterocycles. The summed E-state index contributed by atoms with van der Waals surface area (Å²) >= 11 is 0. The predicted molar refractivity (Wildman–Crippen MR) is 130 cm³/mol. The SMILES string of the molecule is C=CC(=O)OCOC1CCC(c2ccc(OCC(COC(=O)C=C)OC(=O)C=C)c(C)c2)CC1C. The van der Waals surface area contributed by atoms with Crippen LogP contribution >= 0.6 is 0 Å². The summed E-state index contributed by atoms with van der Waals surface area (Å²) in [4.78, 5) is 34.1. The summed E-state index contributed by atoms with van der Waals surface area (Å²) < 4.78 is 26.7. The Kier molecular flexibility index (Phi) is 11.2. The van der Waals surface area contributed by atoms with Gasteiger partial charge in [0.1, 0.15) is 19.0 Å². The number of hydrogen-bond donors (Lipinski definition) is 0.